The fraction of sp³-hybridized carbons (Fsp3) is 0.611. The van der Waals surface area contributed by atoms with Crippen molar-refractivity contribution in [3.63, 3.8) is 0 Å². The van der Waals surface area contributed by atoms with Gasteiger partial charge in [0.1, 0.15) is 6.10 Å². The van der Waals surface area contributed by atoms with Gasteiger partial charge in [0.2, 0.25) is 0 Å². The highest BCUT2D eigenvalue weighted by molar-refractivity contribution is 5.78. The first kappa shape index (κ1) is 16.0. The number of carbonyl (C=O) groups is 1. The number of cyclic esters (lactones) is 1. The Kier molecular flexibility index (Phi) is 5.80. The average Bonchev–Trinajstić information content (AvgIpc) is 2.84. The van der Waals surface area contributed by atoms with Crippen LogP contribution in [0.2, 0.25) is 0 Å². The molecule has 1 aliphatic heterocycles. The zero-order valence-electron chi connectivity index (χ0n) is 13.1. The minimum Gasteiger partial charge on any atom is -0.462 e. The fourth-order valence-corrected chi connectivity index (χ4v) is 3.00. The van der Waals surface area contributed by atoms with Crippen LogP contribution in [0.15, 0.2) is 30.3 Å². The van der Waals surface area contributed by atoms with Crippen molar-refractivity contribution in [1.82, 2.24) is 0 Å². The zero-order valence-corrected chi connectivity index (χ0v) is 13.1. The minimum atomic E-state index is -0.227. The van der Waals surface area contributed by atoms with Crippen LogP contribution in [0.25, 0.3) is 0 Å². The van der Waals surface area contributed by atoms with Crippen LogP contribution in [-0.4, -0.2) is 18.7 Å². The highest BCUT2D eigenvalue weighted by atomic mass is 16.6. The monoisotopic (exact) mass is 290 g/mol. The van der Waals surface area contributed by atoms with Crippen molar-refractivity contribution >= 4 is 5.97 Å². The quantitative estimate of drug-likeness (QED) is 0.534. The fourth-order valence-electron chi connectivity index (χ4n) is 3.00. The smallest absolute Gasteiger partial charge is 0.312 e. The molecule has 0 saturated carbocycles. The summed E-state index contributed by atoms with van der Waals surface area (Å²) in [5, 5.41) is 0. The lowest BCUT2D eigenvalue weighted by atomic mass is 9.79. The van der Waals surface area contributed by atoms with Gasteiger partial charge in [-0.25, -0.2) is 0 Å². The van der Waals surface area contributed by atoms with E-state index in [-0.39, 0.29) is 17.5 Å². The van der Waals surface area contributed by atoms with Gasteiger partial charge in [-0.05, 0) is 31.2 Å². The molecule has 1 unspecified atom stereocenters. The number of hydrogen-bond donors (Lipinski definition) is 0. The Morgan fingerprint density at radius 2 is 1.95 bits per heavy atom. The van der Waals surface area contributed by atoms with Gasteiger partial charge >= 0.3 is 5.97 Å². The molecule has 0 aliphatic carbocycles. The van der Waals surface area contributed by atoms with Crippen molar-refractivity contribution in [1.29, 1.82) is 0 Å². The standard InChI is InChI=1S/C18H26O3/c1-3-18(4-2)13-16(21-17(18)19)11-8-12-20-14-15-9-6-5-7-10-15/h5-7,9-10,16H,3-4,8,11-14H2,1-2H3. The maximum atomic E-state index is 12.0. The summed E-state index contributed by atoms with van der Waals surface area (Å²) in [6.07, 6.45) is 4.55. The molecule has 21 heavy (non-hydrogen) atoms. The molecule has 1 atom stereocenters. The van der Waals surface area contributed by atoms with E-state index in [9.17, 15) is 4.79 Å². The highest BCUT2D eigenvalue weighted by Gasteiger charge is 2.45. The van der Waals surface area contributed by atoms with Crippen LogP contribution in [0, 0.1) is 5.41 Å². The molecule has 1 aromatic carbocycles. The van der Waals surface area contributed by atoms with Gasteiger partial charge in [0.25, 0.3) is 0 Å². The van der Waals surface area contributed by atoms with Crippen molar-refractivity contribution in [3.8, 4) is 0 Å². The largest absolute Gasteiger partial charge is 0.462 e. The Labute approximate surface area is 127 Å². The maximum absolute atomic E-state index is 12.0. The van der Waals surface area contributed by atoms with Gasteiger partial charge in [0, 0.05) is 13.0 Å². The highest BCUT2D eigenvalue weighted by Crippen LogP contribution is 2.41. The number of esters is 1. The predicted molar refractivity (Wildman–Crippen MR) is 82.8 cm³/mol. The molecule has 3 heteroatoms. The number of benzene rings is 1. The summed E-state index contributed by atoms with van der Waals surface area (Å²) < 4.78 is 11.2. The van der Waals surface area contributed by atoms with Crippen molar-refractivity contribution in [2.75, 3.05) is 6.61 Å². The molecule has 1 aliphatic rings. The van der Waals surface area contributed by atoms with Crippen molar-refractivity contribution in [2.45, 2.75) is 58.7 Å². The van der Waals surface area contributed by atoms with E-state index in [0.717, 1.165) is 32.1 Å². The molecule has 1 heterocycles. The van der Waals surface area contributed by atoms with Crippen LogP contribution in [0.5, 0.6) is 0 Å². The van der Waals surface area contributed by atoms with Crippen molar-refractivity contribution in [2.24, 2.45) is 5.41 Å². The molecule has 3 nitrogen and oxygen atoms in total. The molecule has 0 spiro atoms. The normalized spacial score (nSPS) is 20.5. The lowest BCUT2D eigenvalue weighted by molar-refractivity contribution is -0.149. The van der Waals surface area contributed by atoms with Gasteiger partial charge in [-0.2, -0.15) is 0 Å². The Hall–Kier alpha value is -1.35. The predicted octanol–water partition coefficient (Wildman–Crippen LogP) is 4.11. The SMILES string of the molecule is CCC1(CC)CC(CCCOCc2ccccc2)OC1=O. The van der Waals surface area contributed by atoms with E-state index in [1.807, 2.05) is 18.2 Å². The summed E-state index contributed by atoms with van der Waals surface area (Å²) in [5.41, 5.74) is 0.969. The summed E-state index contributed by atoms with van der Waals surface area (Å²) >= 11 is 0. The maximum Gasteiger partial charge on any atom is 0.312 e. The van der Waals surface area contributed by atoms with Crippen LogP contribution >= 0.6 is 0 Å². The zero-order chi connectivity index (χ0) is 15.1. The van der Waals surface area contributed by atoms with E-state index in [4.69, 9.17) is 9.47 Å². The van der Waals surface area contributed by atoms with Gasteiger partial charge in [-0.3, -0.25) is 4.79 Å². The van der Waals surface area contributed by atoms with Crippen LogP contribution < -0.4 is 0 Å². The summed E-state index contributed by atoms with van der Waals surface area (Å²) in [7, 11) is 0. The number of ether oxygens (including phenoxy) is 2. The number of rotatable bonds is 8. The van der Waals surface area contributed by atoms with Gasteiger partial charge < -0.3 is 9.47 Å². The Morgan fingerprint density at radius 3 is 2.57 bits per heavy atom. The van der Waals surface area contributed by atoms with Crippen LogP contribution in [0.4, 0.5) is 0 Å². The third-order valence-corrected chi connectivity index (χ3v) is 4.61. The van der Waals surface area contributed by atoms with E-state index in [0.29, 0.717) is 13.2 Å². The lowest BCUT2D eigenvalue weighted by Gasteiger charge is -2.20. The molecule has 1 aromatic rings. The van der Waals surface area contributed by atoms with E-state index in [1.54, 1.807) is 0 Å². The first-order chi connectivity index (χ1) is 10.2. The summed E-state index contributed by atoms with van der Waals surface area (Å²) in [6.45, 7) is 5.53. The van der Waals surface area contributed by atoms with E-state index >= 15 is 0 Å². The molecule has 0 radical (unpaired) electrons. The second-order valence-electron chi connectivity index (χ2n) is 5.90. The summed E-state index contributed by atoms with van der Waals surface area (Å²) in [6, 6.07) is 10.2. The molecule has 0 aromatic heterocycles. The van der Waals surface area contributed by atoms with Crippen LogP contribution in [-0.2, 0) is 20.9 Å². The molecule has 116 valence electrons. The second kappa shape index (κ2) is 7.60. The third kappa shape index (κ3) is 4.07. The number of carbonyl (C=O) groups excluding carboxylic acids is 1. The molecule has 0 amide bonds. The van der Waals surface area contributed by atoms with Gasteiger partial charge in [0.15, 0.2) is 0 Å². The van der Waals surface area contributed by atoms with Gasteiger partial charge in [0.05, 0.1) is 12.0 Å². The lowest BCUT2D eigenvalue weighted by Crippen LogP contribution is -2.24. The van der Waals surface area contributed by atoms with Gasteiger partial charge in [-0.1, -0.05) is 44.2 Å². The average molecular weight is 290 g/mol. The second-order valence-corrected chi connectivity index (χ2v) is 5.90. The molecule has 2 rings (SSSR count). The van der Waals surface area contributed by atoms with Crippen LogP contribution in [0.3, 0.4) is 0 Å². The topological polar surface area (TPSA) is 35.5 Å². The van der Waals surface area contributed by atoms with Gasteiger partial charge in [-0.15, -0.1) is 0 Å². The number of hydrogen-bond acceptors (Lipinski definition) is 3. The Bertz CT molecular complexity index is 437. The Morgan fingerprint density at radius 1 is 1.24 bits per heavy atom. The molecule has 0 N–H and O–H groups in total. The van der Waals surface area contributed by atoms with E-state index in [1.165, 1.54) is 5.56 Å². The van der Waals surface area contributed by atoms with E-state index < -0.39 is 0 Å². The first-order valence-electron chi connectivity index (χ1n) is 8.03. The molecule has 1 saturated heterocycles. The summed E-state index contributed by atoms with van der Waals surface area (Å²) in [5.74, 6) is 0.00250. The Balaban J connectivity index is 1.65. The van der Waals surface area contributed by atoms with E-state index in [2.05, 4.69) is 26.0 Å². The first-order valence-corrected chi connectivity index (χ1v) is 8.03. The molecular formula is C18H26O3. The third-order valence-electron chi connectivity index (χ3n) is 4.61. The molecular weight excluding hydrogens is 264 g/mol. The molecule has 1 fully saturated rings. The summed E-state index contributed by atoms with van der Waals surface area (Å²) in [4.78, 5) is 12.0. The van der Waals surface area contributed by atoms with Crippen molar-refractivity contribution < 1.29 is 14.3 Å². The molecule has 0 bridgehead atoms. The minimum absolute atomic E-state index is 0.00250. The van der Waals surface area contributed by atoms with Crippen molar-refractivity contribution in [3.05, 3.63) is 35.9 Å². The van der Waals surface area contributed by atoms with Crippen LogP contribution in [0.1, 0.15) is 51.5 Å².